The minimum Gasteiger partial charge on any atom is -0.495 e. The Morgan fingerprint density at radius 1 is 1.38 bits per heavy atom. The molecule has 1 aliphatic carbocycles. The van der Waals surface area contributed by atoms with Crippen molar-refractivity contribution in [1.29, 1.82) is 5.41 Å². The number of aromatic nitrogens is 1. The first-order valence-electron chi connectivity index (χ1n) is 11.2. The number of halogens is 1. The first-order valence-corrected chi connectivity index (χ1v) is 12.6. The van der Waals surface area contributed by atoms with Crippen LogP contribution in [-0.2, 0) is 10.0 Å². The quantitative estimate of drug-likeness (QED) is 0.572. The topological polar surface area (TPSA) is 128 Å². The van der Waals surface area contributed by atoms with Crippen LogP contribution in [0.25, 0.3) is 0 Å². The highest BCUT2D eigenvalue weighted by Crippen LogP contribution is 2.50. The lowest BCUT2D eigenvalue weighted by molar-refractivity contribution is 0.0903. The van der Waals surface area contributed by atoms with Gasteiger partial charge in [-0.1, -0.05) is 6.08 Å². The normalized spacial score (nSPS) is 33.4. The summed E-state index contributed by atoms with van der Waals surface area (Å²) in [6.45, 7) is 2.45. The molecule has 2 aliphatic heterocycles. The van der Waals surface area contributed by atoms with Crippen LogP contribution in [0.5, 0.6) is 5.75 Å². The van der Waals surface area contributed by atoms with E-state index >= 15 is 4.39 Å². The van der Waals surface area contributed by atoms with E-state index in [2.05, 4.69) is 15.6 Å². The van der Waals surface area contributed by atoms with Crippen molar-refractivity contribution in [1.82, 2.24) is 24.8 Å². The molecule has 1 aromatic rings. The highest BCUT2D eigenvalue weighted by atomic mass is 32.2. The number of carbonyl (C=O) groups excluding carboxylic acids is 1. The highest BCUT2D eigenvalue weighted by molar-refractivity contribution is 7.91. The molecule has 0 saturated carbocycles. The number of guanidine groups is 1. The molecule has 0 bridgehead atoms. The van der Waals surface area contributed by atoms with Crippen molar-refractivity contribution in [2.45, 2.75) is 42.5 Å². The number of carbonyl (C=O) groups is 1. The molecule has 3 aliphatic rings. The lowest BCUT2D eigenvalue weighted by Crippen LogP contribution is -2.78. The van der Waals surface area contributed by atoms with Crippen molar-refractivity contribution >= 4 is 21.9 Å². The van der Waals surface area contributed by atoms with Gasteiger partial charge in [0, 0.05) is 25.6 Å². The molecule has 0 radical (unpaired) electrons. The van der Waals surface area contributed by atoms with Crippen LogP contribution in [0.3, 0.4) is 0 Å². The fourth-order valence-corrected chi connectivity index (χ4v) is 7.78. The summed E-state index contributed by atoms with van der Waals surface area (Å²) in [6.07, 6.45) is 3.62. The molecule has 4 atom stereocenters. The Labute approximate surface area is 199 Å². The molecule has 186 valence electrons. The van der Waals surface area contributed by atoms with E-state index in [4.69, 9.17) is 10.1 Å². The van der Waals surface area contributed by atoms with Crippen molar-refractivity contribution in [2.24, 2.45) is 5.92 Å². The lowest BCUT2D eigenvalue weighted by Gasteiger charge is -2.56. The van der Waals surface area contributed by atoms with Gasteiger partial charge in [-0.25, -0.2) is 22.1 Å². The van der Waals surface area contributed by atoms with Gasteiger partial charge in [-0.3, -0.25) is 10.2 Å². The number of nitrogens with one attached hydrogen (secondary N) is 3. The third-order valence-corrected chi connectivity index (χ3v) is 10.3. The molecule has 2 saturated heterocycles. The van der Waals surface area contributed by atoms with Gasteiger partial charge in [0.1, 0.15) is 22.0 Å². The van der Waals surface area contributed by atoms with Crippen molar-refractivity contribution in [2.75, 3.05) is 34.3 Å². The Bertz CT molecular complexity index is 1130. The summed E-state index contributed by atoms with van der Waals surface area (Å²) >= 11 is 0. The Balaban J connectivity index is 1.64. The Hall–Kier alpha value is -2.73. The molecular formula is C22H31FN6O4S. The van der Waals surface area contributed by atoms with Crippen molar-refractivity contribution in [3.05, 3.63) is 35.9 Å². The first-order chi connectivity index (χ1) is 15.9. The smallest absolute Gasteiger partial charge is 0.270 e. The predicted octanol–water partition coefficient (Wildman–Crippen LogP) is 1.08. The van der Waals surface area contributed by atoms with Gasteiger partial charge >= 0.3 is 0 Å². The maximum Gasteiger partial charge on any atom is 0.270 e. The molecular weight excluding hydrogens is 463 g/mol. The van der Waals surface area contributed by atoms with Gasteiger partial charge in [0.25, 0.3) is 5.91 Å². The molecule has 2 fully saturated rings. The number of ether oxygens (including phenoxy) is 1. The second-order valence-electron chi connectivity index (χ2n) is 9.50. The van der Waals surface area contributed by atoms with E-state index in [1.807, 2.05) is 11.9 Å². The van der Waals surface area contributed by atoms with Crippen LogP contribution in [0.2, 0.25) is 0 Å². The van der Waals surface area contributed by atoms with Gasteiger partial charge in [0.05, 0.1) is 18.8 Å². The summed E-state index contributed by atoms with van der Waals surface area (Å²) in [5.41, 5.74) is -1.09. The van der Waals surface area contributed by atoms with Gasteiger partial charge in [-0.2, -0.15) is 0 Å². The average Bonchev–Trinajstić information content (AvgIpc) is 3.22. The number of rotatable bonds is 4. The maximum atomic E-state index is 15.4. The molecule has 4 rings (SSSR count). The van der Waals surface area contributed by atoms with Gasteiger partial charge in [0.15, 0.2) is 0 Å². The van der Waals surface area contributed by atoms with E-state index in [9.17, 15) is 13.2 Å². The Morgan fingerprint density at radius 2 is 2.12 bits per heavy atom. The summed E-state index contributed by atoms with van der Waals surface area (Å²) in [5, 5.41) is 14.2. The number of pyridine rings is 1. The van der Waals surface area contributed by atoms with Crippen molar-refractivity contribution in [3.8, 4) is 5.75 Å². The SMILES string of the molecule is COc1ccc(C(=O)NC2CC=C(F)C([C@@]3(C)NC(=N)N(C)S(=O)(=O)[C@@]34CCN(C)C4)C2)nc1. The fraction of sp³-hybridized carbons (Fsp3) is 0.591. The number of nitrogens with zero attached hydrogens (tertiary/aromatic N) is 3. The number of amides is 1. The second kappa shape index (κ2) is 8.49. The summed E-state index contributed by atoms with van der Waals surface area (Å²) in [5.74, 6) is -1.45. The van der Waals surface area contributed by atoms with Crippen molar-refractivity contribution in [3.63, 3.8) is 0 Å². The Kier molecular flexibility index (Phi) is 6.09. The van der Waals surface area contributed by atoms with Gasteiger partial charge in [0.2, 0.25) is 16.0 Å². The molecule has 2 unspecified atom stereocenters. The summed E-state index contributed by atoms with van der Waals surface area (Å²) < 4.78 is 47.4. The molecule has 3 heterocycles. The number of hydrogen-bond donors (Lipinski definition) is 3. The van der Waals surface area contributed by atoms with Gasteiger partial charge < -0.3 is 20.3 Å². The summed E-state index contributed by atoms with van der Waals surface area (Å²) in [7, 11) is 0.739. The van der Waals surface area contributed by atoms with Crippen LogP contribution in [0.1, 0.15) is 36.7 Å². The average molecular weight is 495 g/mol. The summed E-state index contributed by atoms with van der Waals surface area (Å²) in [6, 6.07) is 2.75. The van der Waals surface area contributed by atoms with E-state index in [-0.39, 0.29) is 31.0 Å². The Morgan fingerprint density at radius 3 is 2.71 bits per heavy atom. The minimum absolute atomic E-state index is 0.186. The van der Waals surface area contributed by atoms with Crippen LogP contribution < -0.4 is 15.4 Å². The molecule has 1 amide bonds. The van der Waals surface area contributed by atoms with E-state index in [1.54, 1.807) is 19.1 Å². The maximum absolute atomic E-state index is 15.4. The molecule has 34 heavy (non-hydrogen) atoms. The van der Waals surface area contributed by atoms with Crippen LogP contribution in [-0.4, -0.2) is 85.1 Å². The molecule has 10 nitrogen and oxygen atoms in total. The van der Waals surface area contributed by atoms with E-state index in [1.165, 1.54) is 26.4 Å². The van der Waals surface area contributed by atoms with E-state index < -0.39 is 44.0 Å². The summed E-state index contributed by atoms with van der Waals surface area (Å²) in [4.78, 5) is 18.8. The number of likely N-dealkylation sites (tertiary alicyclic amines) is 1. The zero-order valence-corrected chi connectivity index (χ0v) is 20.6. The monoisotopic (exact) mass is 494 g/mol. The number of hydrogen-bond acceptors (Lipinski definition) is 7. The predicted molar refractivity (Wildman–Crippen MR) is 125 cm³/mol. The van der Waals surface area contributed by atoms with Crippen LogP contribution in [0, 0.1) is 11.3 Å². The first kappa shape index (κ1) is 24.4. The zero-order chi connectivity index (χ0) is 24.9. The standard InChI is InChI=1S/C22H31FN6O4S/c1-21(22(9-10-28(2)13-22)34(31,32)29(3)20(24)27-21)16-11-14(5-7-17(16)23)26-19(30)18-8-6-15(33-4)12-25-18/h6-8,12,14,16H,5,9-11,13H2,1-4H3,(H2,24,27)(H,26,30)/t14?,16?,21-,22-/m1/s1. The van der Waals surface area contributed by atoms with E-state index in [0.29, 0.717) is 18.7 Å². The van der Waals surface area contributed by atoms with Gasteiger partial charge in [-0.15, -0.1) is 0 Å². The van der Waals surface area contributed by atoms with Crippen molar-refractivity contribution < 1.29 is 22.3 Å². The zero-order valence-electron chi connectivity index (χ0n) is 19.8. The molecule has 1 spiro atoms. The third kappa shape index (κ3) is 3.63. The molecule has 3 N–H and O–H groups in total. The highest BCUT2D eigenvalue weighted by Gasteiger charge is 2.68. The van der Waals surface area contributed by atoms with Crippen LogP contribution in [0.4, 0.5) is 4.39 Å². The fourth-order valence-electron chi connectivity index (χ4n) is 5.51. The molecule has 1 aromatic heterocycles. The van der Waals surface area contributed by atoms with Crippen LogP contribution >= 0.6 is 0 Å². The number of methoxy groups -OCH3 is 1. The number of sulfonamides is 1. The second-order valence-corrected chi connectivity index (χ2v) is 11.8. The molecule has 12 heteroatoms. The molecule has 0 aromatic carbocycles. The lowest BCUT2D eigenvalue weighted by atomic mass is 9.68. The van der Waals surface area contributed by atoms with Gasteiger partial charge in [-0.05, 0) is 51.9 Å². The third-order valence-electron chi connectivity index (χ3n) is 7.60. The largest absolute Gasteiger partial charge is 0.495 e. The minimum atomic E-state index is -3.95. The van der Waals surface area contributed by atoms with E-state index in [0.717, 1.165) is 4.31 Å². The van der Waals surface area contributed by atoms with Crippen LogP contribution in [0.15, 0.2) is 30.2 Å².